The molecular weight excluding hydrogens is 452 g/mol. The Balaban J connectivity index is 1.57. The van der Waals surface area contributed by atoms with Gasteiger partial charge in [0.2, 0.25) is 0 Å². The number of hydrogen-bond donors (Lipinski definition) is 0. The van der Waals surface area contributed by atoms with Crippen LogP contribution in [0.4, 0.5) is 17.1 Å². The van der Waals surface area contributed by atoms with E-state index in [1.54, 1.807) is 36.4 Å². The molecule has 0 aromatic heterocycles. The first-order chi connectivity index (χ1) is 17.0. The fourth-order valence-corrected chi connectivity index (χ4v) is 5.48. The molecule has 4 rings (SSSR count). The van der Waals surface area contributed by atoms with Crippen LogP contribution < -0.4 is 9.21 Å². The van der Waals surface area contributed by atoms with E-state index >= 15 is 0 Å². The normalized spacial score (nSPS) is 11.5. The predicted molar refractivity (Wildman–Crippen MR) is 148 cm³/mol. The molecular formula is C30H30N2O2S. The van der Waals surface area contributed by atoms with Gasteiger partial charge in [-0.3, -0.25) is 0 Å². The van der Waals surface area contributed by atoms with Gasteiger partial charge in [0, 0.05) is 18.8 Å². The Labute approximate surface area is 208 Å². The molecule has 0 bridgehead atoms. The van der Waals surface area contributed by atoms with Crippen molar-refractivity contribution < 1.29 is 8.42 Å². The predicted octanol–water partition coefficient (Wildman–Crippen LogP) is 7.23. The van der Waals surface area contributed by atoms with Crippen LogP contribution in [-0.4, -0.2) is 21.5 Å². The van der Waals surface area contributed by atoms with E-state index in [0.29, 0.717) is 11.4 Å². The minimum atomic E-state index is -3.80. The lowest BCUT2D eigenvalue weighted by Crippen LogP contribution is -2.26. The van der Waals surface area contributed by atoms with Gasteiger partial charge in [-0.25, -0.2) is 12.7 Å². The zero-order valence-electron chi connectivity index (χ0n) is 20.1. The third-order valence-electron chi connectivity index (χ3n) is 5.89. The van der Waals surface area contributed by atoms with Crippen LogP contribution in [-0.2, 0) is 10.0 Å². The molecule has 0 atom stereocenters. The summed E-state index contributed by atoms with van der Waals surface area (Å²) in [5.74, 6) is 0. The molecule has 0 aliphatic heterocycles. The fourth-order valence-electron chi connectivity index (χ4n) is 3.99. The van der Waals surface area contributed by atoms with E-state index in [0.717, 1.165) is 24.2 Å². The zero-order valence-corrected chi connectivity index (χ0v) is 20.9. The average molecular weight is 483 g/mol. The van der Waals surface area contributed by atoms with Crippen LogP contribution in [0, 0.1) is 0 Å². The van der Waals surface area contributed by atoms with Crippen LogP contribution in [0.15, 0.2) is 114 Å². The van der Waals surface area contributed by atoms with Gasteiger partial charge in [-0.1, -0.05) is 72.8 Å². The summed E-state index contributed by atoms with van der Waals surface area (Å²) in [6, 6.07) is 33.7. The second-order valence-corrected chi connectivity index (χ2v) is 9.89. The lowest BCUT2D eigenvalue weighted by Gasteiger charge is -2.24. The molecule has 4 nitrogen and oxygen atoms in total. The minimum absolute atomic E-state index is 0.242. The number of para-hydroxylation sites is 2. The molecule has 0 fully saturated rings. The van der Waals surface area contributed by atoms with E-state index < -0.39 is 10.0 Å². The van der Waals surface area contributed by atoms with E-state index in [4.69, 9.17) is 0 Å². The third kappa shape index (κ3) is 5.64. The summed E-state index contributed by atoms with van der Waals surface area (Å²) < 4.78 is 28.7. The van der Waals surface area contributed by atoms with E-state index in [1.165, 1.54) is 9.99 Å². The summed E-state index contributed by atoms with van der Waals surface area (Å²) in [5, 5.41) is 0. The van der Waals surface area contributed by atoms with Gasteiger partial charge in [-0.05, 0) is 73.5 Å². The van der Waals surface area contributed by atoms with Crippen molar-refractivity contribution >= 4 is 39.2 Å². The smallest absolute Gasteiger partial charge is 0.268 e. The van der Waals surface area contributed by atoms with Crippen molar-refractivity contribution in [1.29, 1.82) is 0 Å². The van der Waals surface area contributed by atoms with Crippen molar-refractivity contribution in [3.63, 3.8) is 0 Å². The van der Waals surface area contributed by atoms with Gasteiger partial charge in [0.1, 0.15) is 0 Å². The molecule has 0 aliphatic carbocycles. The average Bonchev–Trinajstić information content (AvgIpc) is 2.90. The first kappa shape index (κ1) is 24.3. The Kier molecular flexibility index (Phi) is 7.68. The number of benzene rings is 4. The van der Waals surface area contributed by atoms with E-state index in [1.807, 2.05) is 60.7 Å². The van der Waals surface area contributed by atoms with Crippen LogP contribution in [0.5, 0.6) is 0 Å². The molecule has 0 N–H and O–H groups in total. The van der Waals surface area contributed by atoms with E-state index in [9.17, 15) is 8.42 Å². The molecule has 4 aromatic carbocycles. The van der Waals surface area contributed by atoms with Gasteiger partial charge in [-0.15, -0.1) is 0 Å². The number of rotatable bonds is 9. The highest BCUT2D eigenvalue weighted by Crippen LogP contribution is 2.32. The Hall–Kier alpha value is -3.83. The van der Waals surface area contributed by atoms with Crippen LogP contribution >= 0.6 is 0 Å². The summed E-state index contributed by atoms with van der Waals surface area (Å²) >= 11 is 0. The number of anilines is 3. The van der Waals surface area contributed by atoms with Gasteiger partial charge in [0.15, 0.2) is 0 Å². The fraction of sp³-hybridized carbons (Fsp3) is 0.133. The highest BCUT2D eigenvalue weighted by atomic mass is 32.2. The SMILES string of the molecule is CCN(CC)c1ccc(/C=C/c2ccc(S(=O)(=O)N(c3ccccc3)c3ccccc3)cc2)cc1. The Morgan fingerprint density at radius 1 is 0.571 bits per heavy atom. The Morgan fingerprint density at radius 2 is 1.00 bits per heavy atom. The molecule has 0 saturated carbocycles. The topological polar surface area (TPSA) is 40.6 Å². The van der Waals surface area contributed by atoms with Crippen molar-refractivity contribution in [1.82, 2.24) is 0 Å². The summed E-state index contributed by atoms with van der Waals surface area (Å²) in [6.45, 7) is 6.26. The summed E-state index contributed by atoms with van der Waals surface area (Å²) in [5.41, 5.74) is 4.43. The minimum Gasteiger partial charge on any atom is -0.372 e. The highest BCUT2D eigenvalue weighted by Gasteiger charge is 2.26. The molecule has 0 heterocycles. The van der Waals surface area contributed by atoms with E-state index in [-0.39, 0.29) is 4.90 Å². The first-order valence-corrected chi connectivity index (χ1v) is 13.3. The molecule has 5 heteroatoms. The molecule has 0 unspecified atom stereocenters. The number of sulfonamides is 1. The molecule has 0 aliphatic rings. The van der Waals surface area contributed by atoms with Crippen molar-refractivity contribution in [2.75, 3.05) is 22.3 Å². The zero-order chi connectivity index (χ0) is 24.7. The number of nitrogens with zero attached hydrogens (tertiary/aromatic N) is 2. The molecule has 4 aromatic rings. The first-order valence-electron chi connectivity index (χ1n) is 11.8. The highest BCUT2D eigenvalue weighted by molar-refractivity contribution is 7.93. The van der Waals surface area contributed by atoms with Crippen molar-refractivity contribution in [3.05, 3.63) is 120 Å². The monoisotopic (exact) mass is 482 g/mol. The quantitative estimate of drug-likeness (QED) is 0.236. The van der Waals surface area contributed by atoms with Crippen molar-refractivity contribution in [2.24, 2.45) is 0 Å². The Bertz CT molecular complexity index is 1310. The van der Waals surface area contributed by atoms with E-state index in [2.05, 4.69) is 43.0 Å². The second-order valence-electron chi connectivity index (χ2n) is 8.11. The van der Waals surface area contributed by atoms with Gasteiger partial charge in [0.05, 0.1) is 16.3 Å². The molecule has 35 heavy (non-hydrogen) atoms. The van der Waals surface area contributed by atoms with Gasteiger partial charge < -0.3 is 4.90 Å². The molecule has 0 spiro atoms. The lowest BCUT2D eigenvalue weighted by atomic mass is 10.1. The van der Waals surface area contributed by atoms with Gasteiger partial charge in [-0.2, -0.15) is 0 Å². The standard InChI is InChI=1S/C30H30N2O2S/c1-3-31(4-2)27-21-17-25(18-22-27)15-16-26-19-23-30(24-20-26)35(33,34)32(28-11-7-5-8-12-28)29-13-9-6-10-14-29/h5-24H,3-4H2,1-2H3/b16-15+. The van der Waals surface area contributed by atoms with Gasteiger partial charge in [0.25, 0.3) is 10.0 Å². The largest absolute Gasteiger partial charge is 0.372 e. The summed E-state index contributed by atoms with van der Waals surface area (Å²) in [4.78, 5) is 2.55. The maximum Gasteiger partial charge on any atom is 0.268 e. The summed E-state index contributed by atoms with van der Waals surface area (Å²) in [7, 11) is -3.80. The molecule has 0 amide bonds. The maximum absolute atomic E-state index is 13.7. The summed E-state index contributed by atoms with van der Waals surface area (Å²) in [6.07, 6.45) is 4.03. The lowest BCUT2D eigenvalue weighted by molar-refractivity contribution is 0.596. The van der Waals surface area contributed by atoms with Crippen molar-refractivity contribution in [3.8, 4) is 0 Å². The van der Waals surface area contributed by atoms with Crippen LogP contribution in [0.1, 0.15) is 25.0 Å². The second kappa shape index (κ2) is 11.1. The van der Waals surface area contributed by atoms with Gasteiger partial charge >= 0.3 is 0 Å². The maximum atomic E-state index is 13.7. The molecule has 178 valence electrons. The van der Waals surface area contributed by atoms with Crippen LogP contribution in [0.3, 0.4) is 0 Å². The third-order valence-corrected chi connectivity index (χ3v) is 7.66. The van der Waals surface area contributed by atoms with Crippen LogP contribution in [0.2, 0.25) is 0 Å². The number of hydrogen-bond acceptors (Lipinski definition) is 3. The molecule has 0 radical (unpaired) electrons. The van der Waals surface area contributed by atoms with Crippen LogP contribution in [0.25, 0.3) is 12.2 Å². The van der Waals surface area contributed by atoms with Crippen molar-refractivity contribution in [2.45, 2.75) is 18.7 Å². The Morgan fingerprint density at radius 3 is 1.43 bits per heavy atom. The molecule has 0 saturated heterocycles.